The molecule has 0 bridgehead atoms. The van der Waals surface area contributed by atoms with Crippen LogP contribution >= 0.6 is 0 Å². The van der Waals surface area contributed by atoms with Crippen LogP contribution < -0.4 is 14.4 Å². The Kier molecular flexibility index (Phi) is 7.44. The van der Waals surface area contributed by atoms with Crippen LogP contribution in [0.5, 0.6) is 11.8 Å². The Balaban J connectivity index is 1.47. The van der Waals surface area contributed by atoms with Crippen molar-refractivity contribution in [1.82, 2.24) is 29.4 Å². The second kappa shape index (κ2) is 10.5. The third kappa shape index (κ3) is 5.91. The Morgan fingerprint density at radius 1 is 1.09 bits per heavy atom. The van der Waals surface area contributed by atoms with Gasteiger partial charge < -0.3 is 14.5 Å². The number of nitrogens with one attached hydrogen (secondary N) is 1. The summed E-state index contributed by atoms with van der Waals surface area (Å²) in [5.41, 5.74) is 1.77. The van der Waals surface area contributed by atoms with Crippen molar-refractivity contribution < 1.29 is 13.2 Å². The molecule has 0 radical (unpaired) electrons. The summed E-state index contributed by atoms with van der Waals surface area (Å²) in [5, 5.41) is 8.43. The molecule has 1 fully saturated rings. The van der Waals surface area contributed by atoms with Gasteiger partial charge in [0.1, 0.15) is 5.75 Å². The van der Waals surface area contributed by atoms with E-state index in [4.69, 9.17) is 4.74 Å². The summed E-state index contributed by atoms with van der Waals surface area (Å²) in [6, 6.07) is 11.0. The number of rotatable bonds is 9. The van der Waals surface area contributed by atoms with Crippen LogP contribution in [-0.4, -0.2) is 66.3 Å². The van der Waals surface area contributed by atoms with Gasteiger partial charge in [-0.2, -0.15) is 0 Å². The van der Waals surface area contributed by atoms with Gasteiger partial charge in [0.15, 0.2) is 5.82 Å². The first kappa shape index (κ1) is 24.1. The van der Waals surface area contributed by atoms with Crippen LogP contribution in [0.25, 0.3) is 0 Å². The van der Waals surface area contributed by atoms with E-state index in [0.29, 0.717) is 29.7 Å². The van der Waals surface area contributed by atoms with Gasteiger partial charge >= 0.3 is 6.01 Å². The molecule has 34 heavy (non-hydrogen) atoms. The van der Waals surface area contributed by atoms with Gasteiger partial charge in [-0.1, -0.05) is 11.2 Å². The molecule has 4 rings (SSSR count). The SMILES string of the molecule is CCn1c(Oc2cccc(N3CCN(C)CC3)c2)nnc1[C@@H](C)NS(=O)(=O)Cc1ccncc1. The zero-order chi connectivity index (χ0) is 24.1. The van der Waals surface area contributed by atoms with E-state index < -0.39 is 16.1 Å². The first-order valence-electron chi connectivity index (χ1n) is 11.4. The number of benzene rings is 1. The molecule has 1 atom stereocenters. The summed E-state index contributed by atoms with van der Waals surface area (Å²) in [6.45, 7) is 8.20. The van der Waals surface area contributed by atoms with E-state index in [1.165, 1.54) is 0 Å². The molecule has 1 aliphatic heterocycles. The summed E-state index contributed by atoms with van der Waals surface area (Å²) >= 11 is 0. The molecule has 1 aliphatic rings. The number of likely N-dealkylation sites (N-methyl/N-ethyl adjacent to an activating group) is 1. The lowest BCUT2D eigenvalue weighted by Gasteiger charge is -2.34. The zero-order valence-electron chi connectivity index (χ0n) is 19.8. The second-order valence-electron chi connectivity index (χ2n) is 8.43. The number of aromatic nitrogens is 4. The highest BCUT2D eigenvalue weighted by atomic mass is 32.2. The summed E-state index contributed by atoms with van der Waals surface area (Å²) in [5.74, 6) is 1.02. The van der Waals surface area contributed by atoms with E-state index in [-0.39, 0.29) is 5.75 Å². The highest BCUT2D eigenvalue weighted by Gasteiger charge is 2.23. The maximum atomic E-state index is 12.7. The number of anilines is 1. The molecule has 2 aromatic heterocycles. The van der Waals surface area contributed by atoms with Crippen molar-refractivity contribution >= 4 is 15.7 Å². The number of nitrogens with zero attached hydrogens (tertiary/aromatic N) is 6. The zero-order valence-corrected chi connectivity index (χ0v) is 20.6. The molecule has 0 spiro atoms. The first-order valence-corrected chi connectivity index (χ1v) is 13.0. The Hall–Kier alpha value is -3.02. The van der Waals surface area contributed by atoms with E-state index in [1.54, 1.807) is 36.0 Å². The summed E-state index contributed by atoms with van der Waals surface area (Å²) in [6.07, 6.45) is 3.15. The Morgan fingerprint density at radius 3 is 2.53 bits per heavy atom. The predicted molar refractivity (Wildman–Crippen MR) is 130 cm³/mol. The van der Waals surface area contributed by atoms with Crippen molar-refractivity contribution in [3.05, 3.63) is 60.2 Å². The number of hydrogen-bond acceptors (Lipinski definition) is 8. The second-order valence-corrected chi connectivity index (χ2v) is 10.2. The average molecular weight is 486 g/mol. The Bertz CT molecular complexity index is 1190. The first-order chi connectivity index (χ1) is 16.3. The molecule has 1 N–H and O–H groups in total. The lowest BCUT2D eigenvalue weighted by Crippen LogP contribution is -2.44. The lowest BCUT2D eigenvalue weighted by molar-refractivity contribution is 0.312. The Labute approximate surface area is 200 Å². The molecule has 182 valence electrons. The fraction of sp³-hybridized carbons (Fsp3) is 0.435. The number of sulfonamides is 1. The molecule has 0 amide bonds. The predicted octanol–water partition coefficient (Wildman–Crippen LogP) is 2.42. The van der Waals surface area contributed by atoms with Crippen molar-refractivity contribution in [3.63, 3.8) is 0 Å². The fourth-order valence-corrected chi connectivity index (χ4v) is 5.33. The molecule has 11 heteroatoms. The lowest BCUT2D eigenvalue weighted by atomic mass is 10.2. The fourth-order valence-electron chi connectivity index (χ4n) is 3.97. The van der Waals surface area contributed by atoms with Gasteiger partial charge in [-0.3, -0.25) is 9.55 Å². The van der Waals surface area contributed by atoms with Crippen molar-refractivity contribution in [1.29, 1.82) is 0 Å². The smallest absolute Gasteiger partial charge is 0.322 e. The van der Waals surface area contributed by atoms with Crippen molar-refractivity contribution in [3.8, 4) is 11.8 Å². The quantitative estimate of drug-likeness (QED) is 0.493. The third-order valence-corrected chi connectivity index (χ3v) is 7.23. The minimum atomic E-state index is -3.59. The van der Waals surface area contributed by atoms with Gasteiger partial charge in [-0.15, -0.1) is 5.10 Å². The van der Waals surface area contributed by atoms with E-state index in [2.05, 4.69) is 42.8 Å². The maximum absolute atomic E-state index is 12.7. The van der Waals surface area contributed by atoms with Crippen LogP contribution in [0.3, 0.4) is 0 Å². The van der Waals surface area contributed by atoms with Gasteiger partial charge in [0, 0.05) is 56.9 Å². The van der Waals surface area contributed by atoms with Crippen LogP contribution in [0.4, 0.5) is 5.69 Å². The van der Waals surface area contributed by atoms with Crippen LogP contribution in [0.2, 0.25) is 0 Å². The molecule has 1 aromatic carbocycles. The van der Waals surface area contributed by atoms with Gasteiger partial charge in [-0.05, 0) is 50.7 Å². The molecule has 1 saturated heterocycles. The van der Waals surface area contributed by atoms with E-state index >= 15 is 0 Å². The Morgan fingerprint density at radius 2 is 1.82 bits per heavy atom. The maximum Gasteiger partial charge on any atom is 0.322 e. The van der Waals surface area contributed by atoms with Gasteiger partial charge in [0.25, 0.3) is 0 Å². The standard InChI is InChI=1S/C23H31N7O3S/c1-4-30-22(18(2)27-34(31,32)17-19-8-10-24-11-9-19)25-26-23(30)33-21-7-5-6-20(16-21)29-14-12-28(3)13-15-29/h5-11,16,18,27H,4,12-15,17H2,1-3H3/t18-/m1/s1. The monoisotopic (exact) mass is 485 g/mol. The minimum Gasteiger partial charge on any atom is -0.424 e. The third-order valence-electron chi connectivity index (χ3n) is 5.81. The number of pyridine rings is 1. The molecule has 0 saturated carbocycles. The minimum absolute atomic E-state index is 0.136. The van der Waals surface area contributed by atoms with Gasteiger partial charge in [-0.25, -0.2) is 13.1 Å². The summed E-state index contributed by atoms with van der Waals surface area (Å²) < 4.78 is 35.9. The number of hydrogen-bond donors (Lipinski definition) is 1. The average Bonchev–Trinajstić information content (AvgIpc) is 3.22. The molecule has 0 unspecified atom stereocenters. The highest BCUT2D eigenvalue weighted by Crippen LogP contribution is 2.27. The normalized spacial score (nSPS) is 15.9. The molecular weight excluding hydrogens is 454 g/mol. The largest absolute Gasteiger partial charge is 0.424 e. The topological polar surface area (TPSA) is 105 Å². The molecule has 3 heterocycles. The van der Waals surface area contributed by atoms with Crippen molar-refractivity contribution in [2.45, 2.75) is 32.2 Å². The van der Waals surface area contributed by atoms with Crippen LogP contribution in [0, 0.1) is 0 Å². The van der Waals surface area contributed by atoms with E-state index in [0.717, 1.165) is 31.9 Å². The number of piperazine rings is 1. The van der Waals surface area contributed by atoms with E-state index in [9.17, 15) is 8.42 Å². The molecule has 10 nitrogen and oxygen atoms in total. The van der Waals surface area contributed by atoms with Crippen LogP contribution in [0.15, 0.2) is 48.8 Å². The molecule has 0 aliphatic carbocycles. The molecule has 3 aromatic rings. The summed E-state index contributed by atoms with van der Waals surface area (Å²) in [7, 11) is -1.46. The van der Waals surface area contributed by atoms with Crippen LogP contribution in [-0.2, 0) is 22.3 Å². The van der Waals surface area contributed by atoms with Crippen molar-refractivity contribution in [2.75, 3.05) is 38.1 Å². The molecular formula is C23H31N7O3S. The van der Waals surface area contributed by atoms with Gasteiger partial charge in [0.05, 0.1) is 11.8 Å². The van der Waals surface area contributed by atoms with Gasteiger partial charge in [0.2, 0.25) is 10.0 Å². The summed E-state index contributed by atoms with van der Waals surface area (Å²) in [4.78, 5) is 8.57. The van der Waals surface area contributed by atoms with E-state index in [1.807, 2.05) is 25.1 Å². The van der Waals surface area contributed by atoms with Crippen LogP contribution in [0.1, 0.15) is 31.3 Å². The number of ether oxygens (including phenoxy) is 1. The van der Waals surface area contributed by atoms with Crippen molar-refractivity contribution in [2.24, 2.45) is 0 Å². The highest BCUT2D eigenvalue weighted by molar-refractivity contribution is 7.88.